The lowest BCUT2D eigenvalue weighted by Crippen LogP contribution is -2.18. The average molecular weight is 311 g/mol. The van der Waals surface area contributed by atoms with Gasteiger partial charge >= 0.3 is 0 Å². The first-order chi connectivity index (χ1) is 9.49. The Hall–Kier alpha value is -1.85. The van der Waals surface area contributed by atoms with Gasteiger partial charge < -0.3 is 10.2 Å². The Balaban J connectivity index is 2.31. The molecule has 5 nitrogen and oxygen atoms in total. The molecule has 0 fully saturated rings. The van der Waals surface area contributed by atoms with E-state index >= 15 is 0 Å². The Bertz CT molecular complexity index is 646. The third-order valence-corrected chi connectivity index (χ3v) is 3.00. The minimum absolute atomic E-state index is 0.0766. The van der Waals surface area contributed by atoms with Crippen molar-refractivity contribution < 1.29 is 4.79 Å². The van der Waals surface area contributed by atoms with Gasteiger partial charge in [-0.15, -0.1) is 0 Å². The Kier molecular flexibility index (Phi) is 4.42. The summed E-state index contributed by atoms with van der Waals surface area (Å²) in [7, 11) is 3.67. The zero-order valence-electron chi connectivity index (χ0n) is 10.9. The van der Waals surface area contributed by atoms with Crippen molar-refractivity contribution in [2.45, 2.75) is 0 Å². The average Bonchev–Trinajstić information content (AvgIpc) is 2.41. The van der Waals surface area contributed by atoms with E-state index in [1.165, 1.54) is 12.1 Å². The van der Waals surface area contributed by atoms with Crippen molar-refractivity contribution in [2.24, 2.45) is 0 Å². The van der Waals surface area contributed by atoms with Crippen molar-refractivity contribution in [1.82, 2.24) is 9.97 Å². The molecule has 104 valence electrons. The molecule has 2 rings (SSSR count). The fourth-order valence-electron chi connectivity index (χ4n) is 1.61. The normalized spacial score (nSPS) is 10.2. The van der Waals surface area contributed by atoms with Crippen molar-refractivity contribution >= 4 is 40.6 Å². The highest BCUT2D eigenvalue weighted by Gasteiger charge is 2.15. The molecule has 0 atom stereocenters. The van der Waals surface area contributed by atoms with E-state index in [-0.39, 0.29) is 15.9 Å². The summed E-state index contributed by atoms with van der Waals surface area (Å²) >= 11 is 11.7. The summed E-state index contributed by atoms with van der Waals surface area (Å²) in [6.45, 7) is 0. The number of amides is 1. The van der Waals surface area contributed by atoms with Crippen LogP contribution >= 0.6 is 23.2 Å². The maximum absolute atomic E-state index is 12.2. The first-order valence-corrected chi connectivity index (χ1v) is 6.50. The van der Waals surface area contributed by atoms with Crippen molar-refractivity contribution in [2.75, 3.05) is 24.3 Å². The molecule has 1 amide bonds. The fourth-order valence-corrected chi connectivity index (χ4v) is 1.95. The Morgan fingerprint density at radius 3 is 2.70 bits per heavy atom. The van der Waals surface area contributed by atoms with Crippen LogP contribution in [-0.2, 0) is 0 Å². The number of nitrogens with zero attached hydrogens (tertiary/aromatic N) is 3. The lowest BCUT2D eigenvalue weighted by molar-refractivity contribution is 0.102. The van der Waals surface area contributed by atoms with E-state index in [1.54, 1.807) is 23.2 Å². The van der Waals surface area contributed by atoms with Gasteiger partial charge in [0.15, 0.2) is 5.82 Å². The SMILES string of the molecule is CN(C)c1ncccc1NC(=O)c1nc(Cl)ccc1Cl. The number of halogens is 2. The van der Waals surface area contributed by atoms with Crippen LogP contribution in [0.1, 0.15) is 10.5 Å². The highest BCUT2D eigenvalue weighted by atomic mass is 35.5. The Morgan fingerprint density at radius 1 is 1.25 bits per heavy atom. The number of carbonyl (C=O) groups excluding carboxylic acids is 1. The molecule has 0 saturated heterocycles. The Labute approximate surface area is 126 Å². The molecule has 1 N–H and O–H groups in total. The largest absolute Gasteiger partial charge is 0.361 e. The van der Waals surface area contributed by atoms with Gasteiger partial charge in [0.05, 0.1) is 10.7 Å². The minimum Gasteiger partial charge on any atom is -0.361 e. The summed E-state index contributed by atoms with van der Waals surface area (Å²) in [5, 5.41) is 3.17. The van der Waals surface area contributed by atoms with Crippen LogP contribution in [0.15, 0.2) is 30.5 Å². The van der Waals surface area contributed by atoms with Crippen LogP contribution in [0.3, 0.4) is 0 Å². The lowest BCUT2D eigenvalue weighted by Gasteiger charge is -2.16. The van der Waals surface area contributed by atoms with E-state index in [0.717, 1.165) is 0 Å². The number of carbonyl (C=O) groups is 1. The fraction of sp³-hybridized carbons (Fsp3) is 0.154. The van der Waals surface area contributed by atoms with Gasteiger partial charge in [0.1, 0.15) is 10.8 Å². The number of anilines is 2. The second-order valence-electron chi connectivity index (χ2n) is 4.19. The van der Waals surface area contributed by atoms with Gasteiger partial charge in [-0.3, -0.25) is 4.79 Å². The Morgan fingerprint density at radius 2 is 2.00 bits per heavy atom. The van der Waals surface area contributed by atoms with Crippen molar-refractivity contribution in [3.05, 3.63) is 46.3 Å². The molecule has 7 heteroatoms. The predicted molar refractivity (Wildman–Crippen MR) is 80.8 cm³/mol. The second-order valence-corrected chi connectivity index (χ2v) is 4.98. The molecule has 0 aromatic carbocycles. The van der Waals surface area contributed by atoms with E-state index in [0.29, 0.717) is 11.5 Å². The quantitative estimate of drug-likeness (QED) is 0.885. The van der Waals surface area contributed by atoms with Crippen LogP contribution < -0.4 is 10.2 Å². The van der Waals surface area contributed by atoms with Crippen LogP contribution in [0.25, 0.3) is 0 Å². The van der Waals surface area contributed by atoms with Gasteiger partial charge in [-0.2, -0.15) is 0 Å². The zero-order chi connectivity index (χ0) is 14.7. The maximum Gasteiger partial charge on any atom is 0.275 e. The number of hydrogen-bond acceptors (Lipinski definition) is 4. The van der Waals surface area contributed by atoms with E-state index in [9.17, 15) is 4.79 Å². The highest BCUT2D eigenvalue weighted by Crippen LogP contribution is 2.23. The highest BCUT2D eigenvalue weighted by molar-refractivity contribution is 6.35. The van der Waals surface area contributed by atoms with E-state index in [4.69, 9.17) is 23.2 Å². The second kappa shape index (κ2) is 6.07. The molecule has 0 aliphatic rings. The van der Waals surface area contributed by atoms with Crippen LogP contribution in [0.5, 0.6) is 0 Å². The summed E-state index contributed by atoms with van der Waals surface area (Å²) in [5.41, 5.74) is 0.646. The van der Waals surface area contributed by atoms with Gasteiger partial charge in [0.2, 0.25) is 0 Å². The van der Waals surface area contributed by atoms with Crippen molar-refractivity contribution in [3.8, 4) is 0 Å². The molecule has 0 aliphatic heterocycles. The summed E-state index contributed by atoms with van der Waals surface area (Å²) < 4.78 is 0. The molecule has 2 heterocycles. The van der Waals surface area contributed by atoms with E-state index in [2.05, 4.69) is 15.3 Å². The van der Waals surface area contributed by atoms with Crippen LogP contribution in [0, 0.1) is 0 Å². The molecule has 20 heavy (non-hydrogen) atoms. The number of hydrogen-bond donors (Lipinski definition) is 1. The molecular weight excluding hydrogens is 299 g/mol. The third-order valence-electron chi connectivity index (χ3n) is 2.49. The van der Waals surface area contributed by atoms with Crippen molar-refractivity contribution in [3.63, 3.8) is 0 Å². The summed E-state index contributed by atoms with van der Waals surface area (Å²) in [4.78, 5) is 22.1. The number of aromatic nitrogens is 2. The van der Waals surface area contributed by atoms with Gasteiger partial charge in [0, 0.05) is 20.3 Å². The summed E-state index contributed by atoms with van der Waals surface area (Å²) in [6.07, 6.45) is 1.65. The predicted octanol–water partition coefficient (Wildman–Crippen LogP) is 3.10. The number of nitrogens with one attached hydrogen (secondary N) is 1. The van der Waals surface area contributed by atoms with Gasteiger partial charge in [-0.05, 0) is 24.3 Å². The lowest BCUT2D eigenvalue weighted by atomic mass is 10.3. The summed E-state index contributed by atoms with van der Waals surface area (Å²) in [6, 6.07) is 6.53. The number of rotatable bonds is 3. The smallest absolute Gasteiger partial charge is 0.275 e. The maximum atomic E-state index is 12.2. The van der Waals surface area contributed by atoms with Crippen LogP contribution in [-0.4, -0.2) is 30.0 Å². The molecule has 0 saturated carbocycles. The topological polar surface area (TPSA) is 58.1 Å². The standard InChI is InChI=1S/C13H12Cl2N4O/c1-19(2)12-9(4-3-7-16-12)17-13(20)11-8(14)5-6-10(15)18-11/h3-7H,1-2H3,(H,17,20). The van der Waals surface area contributed by atoms with Crippen LogP contribution in [0.4, 0.5) is 11.5 Å². The van der Waals surface area contributed by atoms with E-state index < -0.39 is 5.91 Å². The molecule has 0 bridgehead atoms. The minimum atomic E-state index is -0.436. The van der Waals surface area contributed by atoms with Gasteiger partial charge in [-0.1, -0.05) is 23.2 Å². The zero-order valence-corrected chi connectivity index (χ0v) is 12.4. The molecule has 0 aliphatic carbocycles. The van der Waals surface area contributed by atoms with E-state index in [1.807, 2.05) is 14.1 Å². The summed E-state index contributed by atoms with van der Waals surface area (Å²) in [5.74, 6) is 0.201. The van der Waals surface area contributed by atoms with Gasteiger partial charge in [-0.25, -0.2) is 9.97 Å². The van der Waals surface area contributed by atoms with Crippen molar-refractivity contribution in [1.29, 1.82) is 0 Å². The third kappa shape index (κ3) is 3.18. The molecule has 2 aromatic rings. The van der Waals surface area contributed by atoms with Gasteiger partial charge in [0.25, 0.3) is 5.91 Å². The molecule has 0 spiro atoms. The first kappa shape index (κ1) is 14.6. The monoisotopic (exact) mass is 310 g/mol. The van der Waals surface area contributed by atoms with Crippen LogP contribution in [0.2, 0.25) is 10.2 Å². The molecular formula is C13H12Cl2N4O. The first-order valence-electron chi connectivity index (χ1n) is 5.75. The molecule has 2 aromatic heterocycles. The molecule has 0 radical (unpaired) electrons. The number of pyridine rings is 2. The molecule has 0 unspecified atom stereocenters.